The Morgan fingerprint density at radius 2 is 1.38 bits per heavy atom. The van der Waals surface area contributed by atoms with Crippen LogP contribution in [0, 0.1) is 0 Å². The van der Waals surface area contributed by atoms with Gasteiger partial charge >= 0.3 is 0 Å². The first kappa shape index (κ1) is 11.7. The molecule has 2 aromatic rings. The number of carbonyl (C=O) groups excluding carboxylic acids is 1. The minimum Gasteiger partial charge on any atom is -0.457 e. The van der Waals surface area contributed by atoms with E-state index < -0.39 is 0 Å². The monoisotopic (exact) mass is 346 g/mol. The number of hydrogen-bond donors (Lipinski definition) is 0. The second-order valence-electron chi connectivity index (χ2n) is 3.13. The molecule has 16 heavy (non-hydrogen) atoms. The van der Waals surface area contributed by atoms with Gasteiger partial charge in [-0.05, 0) is 24.3 Å². The Kier molecular flexibility index (Phi) is 3.66. The number of halogens is 2. The average molecular weight is 348 g/mol. The number of carbonyl (C=O) groups is 1. The molecule has 0 unspecified atom stereocenters. The van der Waals surface area contributed by atoms with Gasteiger partial charge in [0.25, 0.3) is 5.78 Å². The highest BCUT2D eigenvalue weighted by Gasteiger charge is 2.17. The second kappa shape index (κ2) is 5.01. The van der Waals surface area contributed by atoms with Crippen LogP contribution in [0.2, 0.25) is 0 Å². The van der Waals surface area contributed by atoms with Crippen LogP contribution < -0.4 is 0 Å². The van der Waals surface area contributed by atoms with Gasteiger partial charge in [0, 0.05) is 0 Å². The van der Waals surface area contributed by atoms with Crippen molar-refractivity contribution in [2.45, 2.75) is 10.7 Å². The number of ketones is 1. The van der Waals surface area contributed by atoms with Crippen LogP contribution >= 0.6 is 31.9 Å². The van der Waals surface area contributed by atoms with Crippen LogP contribution in [0.4, 0.5) is 0 Å². The van der Waals surface area contributed by atoms with Crippen LogP contribution in [0.3, 0.4) is 0 Å². The largest absolute Gasteiger partial charge is 0.457 e. The van der Waals surface area contributed by atoms with Crippen molar-refractivity contribution in [3.8, 4) is 0 Å². The quantitative estimate of drug-likeness (QED) is 0.622. The Balaban J connectivity index is 2.24. The zero-order valence-electron chi connectivity index (χ0n) is 8.20. The minimum atomic E-state index is -0.237. The third kappa shape index (κ3) is 2.30. The van der Waals surface area contributed by atoms with Gasteiger partial charge in [0.15, 0.2) is 11.5 Å². The number of furan rings is 2. The Morgan fingerprint density at radius 1 is 0.938 bits per heavy atom. The van der Waals surface area contributed by atoms with Crippen molar-refractivity contribution in [1.29, 1.82) is 0 Å². The predicted molar refractivity (Wildman–Crippen MR) is 66.1 cm³/mol. The summed E-state index contributed by atoms with van der Waals surface area (Å²) in [6.07, 6.45) is 0. The molecular weight excluding hydrogens is 340 g/mol. The van der Waals surface area contributed by atoms with E-state index in [4.69, 9.17) is 8.83 Å². The molecule has 0 saturated carbocycles. The molecule has 0 N–H and O–H groups in total. The highest BCUT2D eigenvalue weighted by molar-refractivity contribution is 9.08. The van der Waals surface area contributed by atoms with Gasteiger partial charge < -0.3 is 8.83 Å². The fraction of sp³-hybridized carbons (Fsp3) is 0.182. The number of hydrogen-bond acceptors (Lipinski definition) is 3. The normalized spacial score (nSPS) is 10.6. The molecule has 5 heteroatoms. The van der Waals surface area contributed by atoms with E-state index in [9.17, 15) is 4.79 Å². The molecule has 3 nitrogen and oxygen atoms in total. The maximum atomic E-state index is 11.9. The molecule has 2 heterocycles. The highest BCUT2D eigenvalue weighted by Crippen LogP contribution is 2.18. The van der Waals surface area contributed by atoms with E-state index in [0.717, 1.165) is 11.5 Å². The first-order valence-corrected chi connectivity index (χ1v) is 6.83. The predicted octanol–water partition coefficient (Wildman–Crippen LogP) is 3.89. The zero-order chi connectivity index (χ0) is 11.5. The molecule has 84 valence electrons. The standard InChI is InChI=1S/C11H8Br2O3/c12-5-7-1-3-9(15-7)11(14)10-4-2-8(6-13)16-10/h1-4H,5-6H2. The van der Waals surface area contributed by atoms with Gasteiger partial charge in [0.05, 0.1) is 10.7 Å². The number of alkyl halides is 2. The third-order valence-corrected chi connectivity index (χ3v) is 3.14. The maximum Gasteiger partial charge on any atom is 0.263 e. The fourth-order valence-electron chi connectivity index (χ4n) is 1.26. The molecule has 0 fully saturated rings. The lowest BCUT2D eigenvalue weighted by Crippen LogP contribution is -1.97. The molecule has 0 aliphatic heterocycles. The molecule has 2 rings (SSSR count). The summed E-state index contributed by atoms with van der Waals surface area (Å²) >= 11 is 6.51. The summed E-state index contributed by atoms with van der Waals surface area (Å²) in [6, 6.07) is 6.82. The molecule has 0 amide bonds. The van der Waals surface area contributed by atoms with Crippen molar-refractivity contribution in [2.75, 3.05) is 0 Å². The molecule has 2 aromatic heterocycles. The summed E-state index contributed by atoms with van der Waals surface area (Å²) < 4.78 is 10.6. The van der Waals surface area contributed by atoms with Crippen molar-refractivity contribution in [3.63, 3.8) is 0 Å². The van der Waals surface area contributed by atoms with Crippen LogP contribution in [-0.2, 0) is 10.7 Å². The van der Waals surface area contributed by atoms with Crippen molar-refractivity contribution >= 4 is 37.6 Å². The van der Waals surface area contributed by atoms with Crippen molar-refractivity contribution in [3.05, 3.63) is 47.3 Å². The first-order chi connectivity index (χ1) is 7.74. The summed E-state index contributed by atoms with van der Waals surface area (Å²) in [5.74, 6) is 1.79. The summed E-state index contributed by atoms with van der Waals surface area (Å²) in [5, 5.41) is 1.18. The Labute approximate surface area is 109 Å². The maximum absolute atomic E-state index is 11.9. The average Bonchev–Trinajstić information content (AvgIpc) is 2.97. The zero-order valence-corrected chi connectivity index (χ0v) is 11.4. The van der Waals surface area contributed by atoms with E-state index >= 15 is 0 Å². The van der Waals surface area contributed by atoms with Crippen molar-refractivity contribution < 1.29 is 13.6 Å². The molecule has 0 atom stereocenters. The van der Waals surface area contributed by atoms with Gasteiger partial charge in [-0.2, -0.15) is 0 Å². The lowest BCUT2D eigenvalue weighted by Gasteiger charge is -1.92. The minimum absolute atomic E-state index is 0.237. The van der Waals surface area contributed by atoms with E-state index in [1.165, 1.54) is 0 Å². The van der Waals surface area contributed by atoms with Crippen molar-refractivity contribution in [2.24, 2.45) is 0 Å². The molecule has 0 aromatic carbocycles. The molecule has 0 bridgehead atoms. The second-order valence-corrected chi connectivity index (χ2v) is 4.25. The van der Waals surface area contributed by atoms with Gasteiger partial charge in [0.2, 0.25) is 0 Å². The molecule has 0 aliphatic rings. The van der Waals surface area contributed by atoms with Crippen molar-refractivity contribution in [1.82, 2.24) is 0 Å². The number of rotatable bonds is 4. The summed E-state index contributed by atoms with van der Waals surface area (Å²) in [5.41, 5.74) is 0. The van der Waals surface area contributed by atoms with Crippen LogP contribution in [0.15, 0.2) is 33.1 Å². The smallest absolute Gasteiger partial charge is 0.263 e. The van der Waals surface area contributed by atoms with Crippen LogP contribution in [-0.4, -0.2) is 5.78 Å². The first-order valence-electron chi connectivity index (χ1n) is 4.58. The van der Waals surface area contributed by atoms with E-state index in [0.29, 0.717) is 22.2 Å². The van der Waals surface area contributed by atoms with Crippen LogP contribution in [0.25, 0.3) is 0 Å². The molecule has 0 aliphatic carbocycles. The lowest BCUT2D eigenvalue weighted by atomic mass is 10.2. The van der Waals surface area contributed by atoms with Gasteiger partial charge in [-0.3, -0.25) is 4.79 Å². The SMILES string of the molecule is O=C(c1ccc(CBr)o1)c1ccc(CBr)o1. The van der Waals surface area contributed by atoms with Gasteiger partial charge in [-0.25, -0.2) is 0 Å². The molecule has 0 spiro atoms. The lowest BCUT2D eigenvalue weighted by molar-refractivity contribution is 0.0980. The van der Waals surface area contributed by atoms with Crippen LogP contribution in [0.5, 0.6) is 0 Å². The molecule has 0 saturated heterocycles. The molecular formula is C11H8Br2O3. The fourth-order valence-corrected chi connectivity index (χ4v) is 1.87. The summed E-state index contributed by atoms with van der Waals surface area (Å²) in [4.78, 5) is 11.9. The molecule has 0 radical (unpaired) electrons. The third-order valence-electron chi connectivity index (χ3n) is 2.03. The highest BCUT2D eigenvalue weighted by atomic mass is 79.9. The topological polar surface area (TPSA) is 43.4 Å². The van der Waals surface area contributed by atoms with E-state index in [1.807, 2.05) is 0 Å². The van der Waals surface area contributed by atoms with E-state index in [-0.39, 0.29) is 5.78 Å². The van der Waals surface area contributed by atoms with Gasteiger partial charge in [-0.15, -0.1) is 0 Å². The van der Waals surface area contributed by atoms with Crippen LogP contribution in [0.1, 0.15) is 27.8 Å². The summed E-state index contributed by atoms with van der Waals surface area (Å²) in [6.45, 7) is 0. The summed E-state index contributed by atoms with van der Waals surface area (Å²) in [7, 11) is 0. The Bertz CT molecular complexity index is 455. The Morgan fingerprint density at radius 3 is 1.69 bits per heavy atom. The Hall–Kier alpha value is -0.810. The van der Waals surface area contributed by atoms with Gasteiger partial charge in [-0.1, -0.05) is 31.9 Å². The van der Waals surface area contributed by atoms with E-state index in [1.54, 1.807) is 24.3 Å². The van der Waals surface area contributed by atoms with Gasteiger partial charge in [0.1, 0.15) is 11.5 Å². The van der Waals surface area contributed by atoms with E-state index in [2.05, 4.69) is 31.9 Å².